The Morgan fingerprint density at radius 1 is 1.40 bits per heavy atom. The van der Waals surface area contributed by atoms with Gasteiger partial charge in [-0.1, -0.05) is 33.6 Å². The van der Waals surface area contributed by atoms with Gasteiger partial charge in [0, 0.05) is 17.0 Å². The van der Waals surface area contributed by atoms with Gasteiger partial charge >= 0.3 is 0 Å². The zero-order valence-corrected chi connectivity index (χ0v) is 11.4. The summed E-state index contributed by atoms with van der Waals surface area (Å²) < 4.78 is 0. The lowest BCUT2D eigenvalue weighted by molar-refractivity contribution is 0.256. The van der Waals surface area contributed by atoms with Crippen molar-refractivity contribution in [1.82, 2.24) is 0 Å². The molecule has 0 aromatic carbocycles. The molecule has 0 bridgehead atoms. The maximum Gasteiger partial charge on any atom is 0.0159 e. The molecule has 2 N–H and O–H groups in total. The highest BCUT2D eigenvalue weighted by atomic mass is 32.2. The van der Waals surface area contributed by atoms with E-state index in [-0.39, 0.29) is 0 Å². The van der Waals surface area contributed by atoms with Crippen molar-refractivity contribution in [1.29, 1.82) is 0 Å². The monoisotopic (exact) mass is 229 g/mol. The predicted octanol–water partition coefficient (Wildman–Crippen LogP) is 3.67. The Morgan fingerprint density at radius 2 is 2.13 bits per heavy atom. The van der Waals surface area contributed by atoms with Crippen molar-refractivity contribution in [3.05, 3.63) is 0 Å². The second-order valence-corrected chi connectivity index (χ2v) is 6.72. The van der Waals surface area contributed by atoms with Crippen LogP contribution in [-0.4, -0.2) is 17.0 Å². The molecule has 0 spiro atoms. The lowest BCUT2D eigenvalue weighted by Gasteiger charge is -2.31. The van der Waals surface area contributed by atoms with Gasteiger partial charge in [0.15, 0.2) is 0 Å². The summed E-state index contributed by atoms with van der Waals surface area (Å²) in [5.41, 5.74) is 6.29. The van der Waals surface area contributed by atoms with Crippen molar-refractivity contribution in [3.63, 3.8) is 0 Å². The Bertz CT molecular complexity index is 172. The van der Waals surface area contributed by atoms with Crippen LogP contribution < -0.4 is 5.73 Å². The summed E-state index contributed by atoms with van der Waals surface area (Å²) in [4.78, 5) is 0. The molecule has 1 rings (SSSR count). The fraction of sp³-hybridized carbons (Fsp3) is 1.00. The molecule has 0 amide bonds. The van der Waals surface area contributed by atoms with Crippen molar-refractivity contribution in [2.75, 3.05) is 5.75 Å². The fourth-order valence-corrected chi connectivity index (χ4v) is 3.46. The smallest absolute Gasteiger partial charge is 0.0159 e. The number of thioether (sulfide) groups is 1. The van der Waals surface area contributed by atoms with Gasteiger partial charge < -0.3 is 5.73 Å². The zero-order valence-electron chi connectivity index (χ0n) is 10.5. The van der Waals surface area contributed by atoms with E-state index in [1.165, 1.54) is 32.1 Å². The largest absolute Gasteiger partial charge is 0.327 e. The van der Waals surface area contributed by atoms with Crippen molar-refractivity contribution in [2.45, 2.75) is 64.2 Å². The molecule has 1 fully saturated rings. The third kappa shape index (κ3) is 4.78. The van der Waals surface area contributed by atoms with Crippen LogP contribution >= 0.6 is 11.8 Å². The standard InChI is InChI=1S/C13H27NS/c1-4-11(3)15-9-13(14)12-7-5-6-10(2)8-12/h10-13H,4-9,14H2,1-3H3. The van der Waals surface area contributed by atoms with E-state index < -0.39 is 0 Å². The molecule has 2 heteroatoms. The molecule has 1 nitrogen and oxygen atoms in total. The average molecular weight is 229 g/mol. The summed E-state index contributed by atoms with van der Waals surface area (Å²) in [5, 5.41) is 0.775. The summed E-state index contributed by atoms with van der Waals surface area (Å²) in [6.07, 6.45) is 6.81. The first-order valence-electron chi connectivity index (χ1n) is 6.50. The van der Waals surface area contributed by atoms with Crippen LogP contribution in [0.1, 0.15) is 52.9 Å². The van der Waals surface area contributed by atoms with Crippen molar-refractivity contribution < 1.29 is 0 Å². The molecule has 4 atom stereocenters. The van der Waals surface area contributed by atoms with Crippen LogP contribution in [0.2, 0.25) is 0 Å². The van der Waals surface area contributed by atoms with E-state index in [9.17, 15) is 0 Å². The van der Waals surface area contributed by atoms with Gasteiger partial charge in [-0.25, -0.2) is 0 Å². The van der Waals surface area contributed by atoms with Crippen molar-refractivity contribution in [3.8, 4) is 0 Å². The lowest BCUT2D eigenvalue weighted by atomic mass is 9.79. The Kier molecular flexibility index (Phi) is 6.06. The van der Waals surface area contributed by atoms with Crippen LogP contribution in [0.25, 0.3) is 0 Å². The van der Waals surface area contributed by atoms with Gasteiger partial charge in [-0.05, 0) is 31.1 Å². The van der Waals surface area contributed by atoms with E-state index in [2.05, 4.69) is 32.5 Å². The van der Waals surface area contributed by atoms with Crippen LogP contribution in [0.15, 0.2) is 0 Å². The van der Waals surface area contributed by atoms with Crippen LogP contribution in [-0.2, 0) is 0 Å². The number of nitrogens with two attached hydrogens (primary N) is 1. The van der Waals surface area contributed by atoms with E-state index in [0.29, 0.717) is 6.04 Å². The molecule has 1 aliphatic rings. The molecule has 0 aromatic rings. The van der Waals surface area contributed by atoms with Gasteiger partial charge in [0.05, 0.1) is 0 Å². The van der Waals surface area contributed by atoms with E-state index >= 15 is 0 Å². The molecule has 0 heterocycles. The highest BCUT2D eigenvalue weighted by molar-refractivity contribution is 7.99. The third-order valence-corrected chi connectivity index (χ3v) is 5.21. The minimum Gasteiger partial charge on any atom is -0.327 e. The molecule has 1 saturated carbocycles. The van der Waals surface area contributed by atoms with Gasteiger partial charge in [-0.3, -0.25) is 0 Å². The average Bonchev–Trinajstić information content (AvgIpc) is 2.25. The van der Waals surface area contributed by atoms with Crippen LogP contribution in [0.4, 0.5) is 0 Å². The zero-order chi connectivity index (χ0) is 11.3. The van der Waals surface area contributed by atoms with Crippen molar-refractivity contribution >= 4 is 11.8 Å². The molecule has 15 heavy (non-hydrogen) atoms. The molecule has 0 aromatic heterocycles. The van der Waals surface area contributed by atoms with Gasteiger partial charge in [0.25, 0.3) is 0 Å². The Labute approximate surface area is 99.6 Å². The second kappa shape index (κ2) is 6.80. The molecule has 1 aliphatic carbocycles. The SMILES string of the molecule is CCC(C)SCC(N)C1CCCC(C)C1. The molecule has 0 aliphatic heterocycles. The molecule has 90 valence electrons. The molecular formula is C13H27NS. The third-order valence-electron chi connectivity index (χ3n) is 3.73. The van der Waals surface area contributed by atoms with Gasteiger partial charge in [-0.15, -0.1) is 0 Å². The van der Waals surface area contributed by atoms with Gasteiger partial charge in [0.2, 0.25) is 0 Å². The number of rotatable bonds is 5. The Balaban J connectivity index is 2.23. The maximum atomic E-state index is 6.29. The van der Waals surface area contributed by atoms with Crippen LogP contribution in [0, 0.1) is 11.8 Å². The molecule has 0 radical (unpaired) electrons. The van der Waals surface area contributed by atoms with Crippen molar-refractivity contribution in [2.24, 2.45) is 17.6 Å². The van der Waals surface area contributed by atoms with Gasteiger partial charge in [0.1, 0.15) is 0 Å². The summed E-state index contributed by atoms with van der Waals surface area (Å²) in [5.74, 6) is 2.86. The first-order valence-corrected chi connectivity index (χ1v) is 7.55. The quantitative estimate of drug-likeness (QED) is 0.778. The Morgan fingerprint density at radius 3 is 2.73 bits per heavy atom. The Hall–Kier alpha value is 0.310. The van der Waals surface area contributed by atoms with Crippen LogP contribution in [0.5, 0.6) is 0 Å². The minimum absolute atomic E-state index is 0.437. The summed E-state index contributed by atoms with van der Waals surface area (Å²) in [6, 6.07) is 0.437. The molecular weight excluding hydrogens is 202 g/mol. The lowest BCUT2D eigenvalue weighted by Crippen LogP contribution is -2.35. The highest BCUT2D eigenvalue weighted by Gasteiger charge is 2.24. The molecule has 0 saturated heterocycles. The summed E-state index contributed by atoms with van der Waals surface area (Å²) in [7, 11) is 0. The van der Waals surface area contributed by atoms with E-state index in [0.717, 1.165) is 22.8 Å². The first-order chi connectivity index (χ1) is 7.13. The normalized spacial score (nSPS) is 31.2. The topological polar surface area (TPSA) is 26.0 Å². The highest BCUT2D eigenvalue weighted by Crippen LogP contribution is 2.31. The van der Waals surface area contributed by atoms with E-state index in [4.69, 9.17) is 5.73 Å². The predicted molar refractivity (Wildman–Crippen MR) is 71.3 cm³/mol. The molecule has 4 unspecified atom stereocenters. The fourth-order valence-electron chi connectivity index (χ4n) is 2.40. The van der Waals surface area contributed by atoms with E-state index in [1.54, 1.807) is 0 Å². The maximum absolute atomic E-state index is 6.29. The minimum atomic E-state index is 0.437. The van der Waals surface area contributed by atoms with Crippen LogP contribution in [0.3, 0.4) is 0 Å². The summed E-state index contributed by atoms with van der Waals surface area (Å²) >= 11 is 2.05. The van der Waals surface area contributed by atoms with Gasteiger partial charge in [-0.2, -0.15) is 11.8 Å². The number of hydrogen-bond donors (Lipinski definition) is 1. The summed E-state index contributed by atoms with van der Waals surface area (Å²) in [6.45, 7) is 6.94. The number of hydrogen-bond acceptors (Lipinski definition) is 2. The second-order valence-electron chi connectivity index (χ2n) is 5.25. The van der Waals surface area contributed by atoms with E-state index in [1.807, 2.05) is 0 Å². The first kappa shape index (κ1) is 13.4.